The van der Waals surface area contributed by atoms with Crippen molar-refractivity contribution in [2.24, 2.45) is 0 Å². The third kappa shape index (κ3) is 3.11. The maximum atomic E-state index is 14.1. The van der Waals surface area contributed by atoms with E-state index in [2.05, 4.69) is 88.6 Å². The molecule has 0 aliphatic carbocycles. The van der Waals surface area contributed by atoms with Crippen molar-refractivity contribution >= 4 is 21.8 Å². The first kappa shape index (κ1) is 18.7. The summed E-state index contributed by atoms with van der Waals surface area (Å²) in [6.45, 7) is 13.3. The van der Waals surface area contributed by atoms with Gasteiger partial charge in [-0.05, 0) is 64.4 Å². The fourth-order valence-electron chi connectivity index (χ4n) is 3.85. The summed E-state index contributed by atoms with van der Waals surface area (Å²) in [4.78, 5) is 0. The summed E-state index contributed by atoms with van der Waals surface area (Å²) in [5, 5.41) is 2.25. The first-order chi connectivity index (χ1) is 13.1. The molecule has 0 N–H and O–H groups in total. The SMILES string of the molecule is CC(C)(C)c1ccc(-n2c3ccc(C(C)(C)C)cc3c3ccc(F)cc32)cc1. The van der Waals surface area contributed by atoms with E-state index in [1.165, 1.54) is 16.5 Å². The van der Waals surface area contributed by atoms with Gasteiger partial charge in [-0.3, -0.25) is 0 Å². The largest absolute Gasteiger partial charge is 0.309 e. The molecule has 0 atom stereocenters. The average Bonchev–Trinajstić information content (AvgIpc) is 2.93. The summed E-state index contributed by atoms with van der Waals surface area (Å²) in [7, 11) is 0. The second-order valence-electron chi connectivity index (χ2n) is 9.78. The monoisotopic (exact) mass is 373 g/mol. The Bertz CT molecular complexity index is 1170. The fraction of sp³-hybridized carbons (Fsp3) is 0.308. The second-order valence-corrected chi connectivity index (χ2v) is 9.78. The molecule has 144 valence electrons. The molecular formula is C26H28FN. The second kappa shape index (κ2) is 6.20. The molecule has 0 saturated heterocycles. The maximum absolute atomic E-state index is 14.1. The summed E-state index contributed by atoms with van der Waals surface area (Å²) in [5.74, 6) is -0.209. The number of aromatic nitrogens is 1. The van der Waals surface area contributed by atoms with Gasteiger partial charge in [0.15, 0.2) is 0 Å². The molecule has 1 heterocycles. The van der Waals surface area contributed by atoms with E-state index >= 15 is 0 Å². The number of benzene rings is 3. The highest BCUT2D eigenvalue weighted by Crippen LogP contribution is 2.36. The van der Waals surface area contributed by atoms with Crippen molar-refractivity contribution in [3.63, 3.8) is 0 Å². The molecule has 0 radical (unpaired) electrons. The quantitative estimate of drug-likeness (QED) is 0.325. The van der Waals surface area contributed by atoms with E-state index in [0.717, 1.165) is 22.1 Å². The number of hydrogen-bond donors (Lipinski definition) is 0. The zero-order valence-corrected chi connectivity index (χ0v) is 17.6. The molecule has 4 aromatic rings. The van der Waals surface area contributed by atoms with Gasteiger partial charge in [0.1, 0.15) is 5.82 Å². The molecule has 0 spiro atoms. The van der Waals surface area contributed by atoms with Crippen LogP contribution in [0.5, 0.6) is 0 Å². The lowest BCUT2D eigenvalue weighted by atomic mass is 9.86. The highest BCUT2D eigenvalue weighted by molar-refractivity contribution is 6.09. The zero-order valence-electron chi connectivity index (χ0n) is 17.6. The third-order valence-corrected chi connectivity index (χ3v) is 5.59. The molecular weight excluding hydrogens is 345 g/mol. The summed E-state index contributed by atoms with van der Waals surface area (Å²) >= 11 is 0. The van der Waals surface area contributed by atoms with E-state index in [0.29, 0.717) is 0 Å². The van der Waals surface area contributed by atoms with Gasteiger partial charge in [0.25, 0.3) is 0 Å². The lowest BCUT2D eigenvalue weighted by Crippen LogP contribution is -2.11. The molecule has 1 aromatic heterocycles. The first-order valence-electron chi connectivity index (χ1n) is 9.91. The van der Waals surface area contributed by atoms with Crippen LogP contribution in [0.1, 0.15) is 52.7 Å². The number of rotatable bonds is 1. The molecule has 4 rings (SSSR count). The van der Waals surface area contributed by atoms with Gasteiger partial charge in [0.2, 0.25) is 0 Å². The predicted octanol–water partition coefficient (Wildman–Crippen LogP) is 7.52. The average molecular weight is 374 g/mol. The Kier molecular flexibility index (Phi) is 4.15. The zero-order chi connectivity index (χ0) is 20.3. The highest BCUT2D eigenvalue weighted by atomic mass is 19.1. The maximum Gasteiger partial charge on any atom is 0.125 e. The van der Waals surface area contributed by atoms with E-state index in [9.17, 15) is 4.39 Å². The van der Waals surface area contributed by atoms with Crippen molar-refractivity contribution in [3.05, 3.63) is 77.6 Å². The van der Waals surface area contributed by atoms with Crippen molar-refractivity contribution in [2.45, 2.75) is 52.4 Å². The van der Waals surface area contributed by atoms with E-state index in [-0.39, 0.29) is 16.6 Å². The molecule has 0 amide bonds. The van der Waals surface area contributed by atoms with Crippen molar-refractivity contribution < 1.29 is 4.39 Å². The molecule has 0 aliphatic heterocycles. The van der Waals surface area contributed by atoms with E-state index in [1.807, 2.05) is 6.07 Å². The molecule has 2 heteroatoms. The summed E-state index contributed by atoms with van der Waals surface area (Å²) in [6.07, 6.45) is 0. The smallest absolute Gasteiger partial charge is 0.125 e. The van der Waals surface area contributed by atoms with Crippen LogP contribution in [0, 0.1) is 5.82 Å². The standard InChI is InChI=1S/C26H28FN/c1-25(2,3)17-7-11-20(12-8-17)28-23-14-9-18(26(4,5)6)15-22(23)21-13-10-19(27)16-24(21)28/h7-16H,1-6H3. The van der Waals surface area contributed by atoms with Gasteiger partial charge < -0.3 is 4.57 Å². The van der Waals surface area contributed by atoms with E-state index in [1.54, 1.807) is 12.1 Å². The molecule has 0 aliphatic rings. The van der Waals surface area contributed by atoms with Gasteiger partial charge in [-0.2, -0.15) is 0 Å². The molecule has 0 fully saturated rings. The van der Waals surface area contributed by atoms with Crippen LogP contribution in [0.15, 0.2) is 60.7 Å². The van der Waals surface area contributed by atoms with Crippen molar-refractivity contribution in [2.75, 3.05) is 0 Å². The van der Waals surface area contributed by atoms with Gasteiger partial charge in [-0.1, -0.05) is 59.7 Å². The Hall–Kier alpha value is -2.61. The normalized spacial score (nSPS) is 12.8. The van der Waals surface area contributed by atoms with Crippen LogP contribution >= 0.6 is 0 Å². The minimum atomic E-state index is -0.209. The number of halogens is 1. The van der Waals surface area contributed by atoms with Crippen LogP contribution in [0.3, 0.4) is 0 Å². The number of fused-ring (bicyclic) bond motifs is 3. The third-order valence-electron chi connectivity index (χ3n) is 5.59. The molecule has 0 saturated carbocycles. The van der Waals surface area contributed by atoms with Crippen LogP contribution in [0.2, 0.25) is 0 Å². The van der Waals surface area contributed by atoms with Crippen molar-refractivity contribution in [3.8, 4) is 5.69 Å². The van der Waals surface area contributed by atoms with Gasteiger partial charge >= 0.3 is 0 Å². The minimum Gasteiger partial charge on any atom is -0.309 e. The van der Waals surface area contributed by atoms with Crippen LogP contribution in [-0.4, -0.2) is 4.57 Å². The van der Waals surface area contributed by atoms with Gasteiger partial charge in [-0.15, -0.1) is 0 Å². The first-order valence-corrected chi connectivity index (χ1v) is 9.91. The van der Waals surface area contributed by atoms with Crippen molar-refractivity contribution in [1.82, 2.24) is 4.57 Å². The summed E-state index contributed by atoms with van der Waals surface area (Å²) in [5.41, 5.74) is 5.82. The van der Waals surface area contributed by atoms with Gasteiger partial charge in [-0.25, -0.2) is 4.39 Å². The molecule has 0 unspecified atom stereocenters. The highest BCUT2D eigenvalue weighted by Gasteiger charge is 2.19. The Balaban J connectivity index is 2.02. The predicted molar refractivity (Wildman–Crippen MR) is 118 cm³/mol. The summed E-state index contributed by atoms with van der Waals surface area (Å²) < 4.78 is 16.3. The van der Waals surface area contributed by atoms with Gasteiger partial charge in [0.05, 0.1) is 11.0 Å². The number of nitrogens with zero attached hydrogens (tertiary/aromatic N) is 1. The van der Waals surface area contributed by atoms with Crippen LogP contribution < -0.4 is 0 Å². The van der Waals surface area contributed by atoms with Gasteiger partial charge in [0, 0.05) is 16.5 Å². The molecule has 0 bridgehead atoms. The summed E-state index contributed by atoms with van der Waals surface area (Å²) in [6, 6.07) is 20.4. The lowest BCUT2D eigenvalue weighted by Gasteiger charge is -2.20. The lowest BCUT2D eigenvalue weighted by molar-refractivity contribution is 0.590. The topological polar surface area (TPSA) is 4.93 Å². The number of hydrogen-bond acceptors (Lipinski definition) is 0. The Labute approximate surface area is 166 Å². The molecule has 28 heavy (non-hydrogen) atoms. The Morgan fingerprint density at radius 2 is 1.21 bits per heavy atom. The van der Waals surface area contributed by atoms with Crippen LogP contribution in [0.25, 0.3) is 27.5 Å². The minimum absolute atomic E-state index is 0.0665. The van der Waals surface area contributed by atoms with Crippen LogP contribution in [0.4, 0.5) is 4.39 Å². The molecule has 3 aromatic carbocycles. The Morgan fingerprint density at radius 1 is 0.607 bits per heavy atom. The molecule has 1 nitrogen and oxygen atoms in total. The van der Waals surface area contributed by atoms with E-state index in [4.69, 9.17) is 0 Å². The van der Waals surface area contributed by atoms with Crippen LogP contribution in [-0.2, 0) is 10.8 Å². The fourth-order valence-corrected chi connectivity index (χ4v) is 3.85. The Morgan fingerprint density at radius 3 is 1.82 bits per heavy atom. The van der Waals surface area contributed by atoms with E-state index < -0.39 is 0 Å². The van der Waals surface area contributed by atoms with Crippen molar-refractivity contribution in [1.29, 1.82) is 0 Å².